The van der Waals surface area contributed by atoms with E-state index in [1.807, 2.05) is 4.90 Å². The summed E-state index contributed by atoms with van der Waals surface area (Å²) in [7, 11) is 1.36. The first kappa shape index (κ1) is 19.2. The molecule has 2 fully saturated rings. The van der Waals surface area contributed by atoms with E-state index in [0.29, 0.717) is 30.6 Å². The van der Waals surface area contributed by atoms with Crippen molar-refractivity contribution in [1.29, 1.82) is 0 Å². The number of nitrogens with zero attached hydrogens (tertiary/aromatic N) is 3. The Hall–Kier alpha value is -3.16. The fourth-order valence-corrected chi connectivity index (χ4v) is 3.95. The lowest BCUT2D eigenvalue weighted by molar-refractivity contribution is 0.102. The number of amides is 3. The highest BCUT2D eigenvalue weighted by atomic mass is 19.1. The minimum atomic E-state index is -0.604. The molecule has 7 nitrogen and oxygen atoms in total. The first-order valence-electron chi connectivity index (χ1n) is 9.76. The molecule has 2 aromatic rings. The van der Waals surface area contributed by atoms with Gasteiger partial charge in [-0.15, -0.1) is 0 Å². The van der Waals surface area contributed by atoms with Gasteiger partial charge in [0.05, 0.1) is 19.0 Å². The number of hydrogen-bond acceptors (Lipinski definition) is 4. The zero-order chi connectivity index (χ0) is 20.4. The van der Waals surface area contributed by atoms with E-state index in [1.54, 1.807) is 17.0 Å². The molecule has 1 aliphatic carbocycles. The van der Waals surface area contributed by atoms with E-state index in [9.17, 15) is 14.0 Å². The van der Waals surface area contributed by atoms with Crippen LogP contribution in [0.25, 0.3) is 0 Å². The monoisotopic (exact) mass is 398 g/mol. The van der Waals surface area contributed by atoms with Crippen molar-refractivity contribution in [1.82, 2.24) is 9.88 Å². The van der Waals surface area contributed by atoms with Gasteiger partial charge in [0.15, 0.2) is 11.6 Å². The van der Waals surface area contributed by atoms with E-state index in [0.717, 1.165) is 18.9 Å². The molecule has 3 amide bonds. The molecular weight excluding hydrogens is 375 g/mol. The van der Waals surface area contributed by atoms with Crippen LogP contribution in [0.4, 0.5) is 20.7 Å². The highest BCUT2D eigenvalue weighted by Crippen LogP contribution is 2.28. The van der Waals surface area contributed by atoms with Crippen molar-refractivity contribution in [2.45, 2.75) is 31.7 Å². The van der Waals surface area contributed by atoms with Gasteiger partial charge in [0, 0.05) is 24.7 Å². The first-order valence-corrected chi connectivity index (χ1v) is 9.76. The van der Waals surface area contributed by atoms with Crippen LogP contribution in [0.5, 0.6) is 5.75 Å². The predicted molar refractivity (Wildman–Crippen MR) is 107 cm³/mol. The molecule has 29 heavy (non-hydrogen) atoms. The molecule has 0 radical (unpaired) electrons. The van der Waals surface area contributed by atoms with Gasteiger partial charge in [-0.05, 0) is 43.2 Å². The smallest absolute Gasteiger partial charge is 0.326 e. The molecule has 1 saturated heterocycles. The molecule has 2 aliphatic rings. The number of benzene rings is 1. The van der Waals surface area contributed by atoms with Gasteiger partial charge in [0.2, 0.25) is 0 Å². The lowest BCUT2D eigenvalue weighted by Crippen LogP contribution is -2.38. The van der Waals surface area contributed by atoms with Crippen LogP contribution < -0.4 is 15.0 Å². The molecule has 1 N–H and O–H groups in total. The van der Waals surface area contributed by atoms with Crippen LogP contribution in [0.3, 0.4) is 0 Å². The van der Waals surface area contributed by atoms with Crippen LogP contribution in [0, 0.1) is 5.82 Å². The molecule has 4 rings (SSSR count). The Bertz CT molecular complexity index is 913. The highest BCUT2D eigenvalue weighted by molar-refractivity contribution is 6.04. The predicted octanol–water partition coefficient (Wildman–Crippen LogP) is 3.67. The molecule has 0 unspecified atom stereocenters. The second-order valence-electron chi connectivity index (χ2n) is 7.27. The topological polar surface area (TPSA) is 74.8 Å². The summed E-state index contributed by atoms with van der Waals surface area (Å²) in [6.45, 7) is 1.33. The van der Waals surface area contributed by atoms with Gasteiger partial charge in [-0.1, -0.05) is 12.8 Å². The van der Waals surface area contributed by atoms with Gasteiger partial charge >= 0.3 is 6.03 Å². The van der Waals surface area contributed by atoms with Crippen molar-refractivity contribution in [3.63, 3.8) is 0 Å². The fourth-order valence-electron chi connectivity index (χ4n) is 3.95. The average molecular weight is 398 g/mol. The van der Waals surface area contributed by atoms with Crippen LogP contribution in [0.15, 0.2) is 36.5 Å². The van der Waals surface area contributed by atoms with Gasteiger partial charge in [-0.2, -0.15) is 0 Å². The summed E-state index contributed by atoms with van der Waals surface area (Å²) in [6.07, 6.45) is 6.00. The third-order valence-corrected chi connectivity index (χ3v) is 5.50. The van der Waals surface area contributed by atoms with Crippen molar-refractivity contribution in [3.05, 3.63) is 47.9 Å². The number of aromatic nitrogens is 1. The minimum absolute atomic E-state index is 0.00473. The number of anilines is 2. The molecule has 152 valence electrons. The summed E-state index contributed by atoms with van der Waals surface area (Å²) in [5.74, 6) is -0.419. The standard InChI is InChI=1S/C21H23FN4O3/c1-29-18-8-6-14(12-17(18)22)20(27)24-15-7-9-19(23-13-15)26-11-10-25(21(26)28)16-4-2-3-5-16/h6-9,12-13,16H,2-5,10-11H2,1H3,(H,24,27). The van der Waals surface area contributed by atoms with E-state index < -0.39 is 11.7 Å². The maximum atomic E-state index is 13.8. The summed E-state index contributed by atoms with van der Waals surface area (Å²) in [6, 6.07) is 7.74. The molecule has 2 heterocycles. The van der Waals surface area contributed by atoms with Crippen molar-refractivity contribution in [3.8, 4) is 5.75 Å². The van der Waals surface area contributed by atoms with Crippen LogP contribution >= 0.6 is 0 Å². The van der Waals surface area contributed by atoms with Crippen molar-refractivity contribution in [2.75, 3.05) is 30.4 Å². The zero-order valence-corrected chi connectivity index (χ0v) is 16.2. The summed E-state index contributed by atoms with van der Waals surface area (Å²) in [5.41, 5.74) is 0.642. The van der Waals surface area contributed by atoms with Crippen LogP contribution in [0.2, 0.25) is 0 Å². The molecular formula is C21H23FN4O3. The van der Waals surface area contributed by atoms with Gasteiger partial charge < -0.3 is 15.0 Å². The number of halogens is 1. The number of carbonyl (C=O) groups excluding carboxylic acids is 2. The second-order valence-corrected chi connectivity index (χ2v) is 7.27. The molecule has 0 spiro atoms. The average Bonchev–Trinajstić information content (AvgIpc) is 3.38. The number of urea groups is 1. The first-order chi connectivity index (χ1) is 14.1. The summed E-state index contributed by atoms with van der Waals surface area (Å²) < 4.78 is 18.7. The van der Waals surface area contributed by atoms with E-state index in [2.05, 4.69) is 10.3 Å². The third kappa shape index (κ3) is 3.87. The maximum absolute atomic E-state index is 13.8. The van der Waals surface area contributed by atoms with Crippen molar-refractivity contribution >= 4 is 23.4 Å². The highest BCUT2D eigenvalue weighted by Gasteiger charge is 2.36. The number of rotatable bonds is 5. The van der Waals surface area contributed by atoms with E-state index in [-0.39, 0.29) is 17.3 Å². The Morgan fingerprint density at radius 3 is 2.66 bits per heavy atom. The SMILES string of the molecule is COc1ccc(C(=O)Nc2ccc(N3CCN(C4CCCC4)C3=O)nc2)cc1F. The Balaban J connectivity index is 1.41. The Kier molecular flexibility index (Phi) is 5.33. The minimum Gasteiger partial charge on any atom is -0.494 e. The number of ether oxygens (including phenoxy) is 1. The van der Waals surface area contributed by atoms with Crippen molar-refractivity contribution < 1.29 is 18.7 Å². The zero-order valence-electron chi connectivity index (χ0n) is 16.2. The van der Waals surface area contributed by atoms with E-state index in [4.69, 9.17) is 4.74 Å². The lowest BCUT2D eigenvalue weighted by atomic mass is 10.2. The lowest BCUT2D eigenvalue weighted by Gasteiger charge is -2.23. The van der Waals surface area contributed by atoms with Gasteiger partial charge in [-0.25, -0.2) is 14.2 Å². The molecule has 1 saturated carbocycles. The third-order valence-electron chi connectivity index (χ3n) is 5.50. The number of hydrogen-bond donors (Lipinski definition) is 1. The van der Waals surface area contributed by atoms with Crippen LogP contribution in [0.1, 0.15) is 36.0 Å². The van der Waals surface area contributed by atoms with Gasteiger partial charge in [-0.3, -0.25) is 9.69 Å². The van der Waals surface area contributed by atoms with Crippen LogP contribution in [-0.4, -0.2) is 48.1 Å². The summed E-state index contributed by atoms with van der Waals surface area (Å²) in [4.78, 5) is 33.0. The van der Waals surface area contributed by atoms with E-state index >= 15 is 0 Å². The number of nitrogens with one attached hydrogen (secondary N) is 1. The normalized spacial score (nSPS) is 17.1. The van der Waals surface area contributed by atoms with Crippen molar-refractivity contribution in [2.24, 2.45) is 0 Å². The number of pyridine rings is 1. The Morgan fingerprint density at radius 1 is 1.21 bits per heavy atom. The summed E-state index contributed by atoms with van der Waals surface area (Å²) >= 11 is 0. The van der Waals surface area contributed by atoms with Gasteiger partial charge in [0.1, 0.15) is 5.82 Å². The molecule has 0 atom stereocenters. The van der Waals surface area contributed by atoms with E-state index in [1.165, 1.54) is 38.3 Å². The molecule has 1 aromatic heterocycles. The fraction of sp³-hybridized carbons (Fsp3) is 0.381. The Morgan fingerprint density at radius 2 is 2.00 bits per heavy atom. The quantitative estimate of drug-likeness (QED) is 0.834. The van der Waals surface area contributed by atoms with Gasteiger partial charge in [0.25, 0.3) is 5.91 Å². The van der Waals surface area contributed by atoms with Crippen LogP contribution in [-0.2, 0) is 0 Å². The number of methoxy groups -OCH3 is 1. The molecule has 8 heteroatoms. The molecule has 0 bridgehead atoms. The largest absolute Gasteiger partial charge is 0.494 e. The second kappa shape index (κ2) is 8.06. The molecule has 1 aromatic carbocycles. The summed E-state index contributed by atoms with van der Waals surface area (Å²) in [5, 5.41) is 2.68. The number of carbonyl (C=O) groups is 2. The maximum Gasteiger partial charge on any atom is 0.326 e. The molecule has 1 aliphatic heterocycles. The Labute approximate surface area is 168 Å².